The Morgan fingerprint density at radius 3 is 2.33 bits per heavy atom. The number of carbonyl (C=O) groups is 3. The molecule has 1 aromatic rings. The summed E-state index contributed by atoms with van der Waals surface area (Å²) >= 11 is 0. The molecule has 1 aliphatic rings. The van der Waals surface area contributed by atoms with Gasteiger partial charge in [-0.1, -0.05) is 6.92 Å². The van der Waals surface area contributed by atoms with Crippen molar-refractivity contribution in [3.63, 3.8) is 0 Å². The fraction of sp³-hybridized carbons (Fsp3) is 0.550. The van der Waals surface area contributed by atoms with Crippen molar-refractivity contribution >= 4 is 23.3 Å². The van der Waals surface area contributed by atoms with Crippen LogP contribution in [0.5, 0.6) is 0 Å². The van der Waals surface area contributed by atoms with Crippen molar-refractivity contribution in [3.05, 3.63) is 29.8 Å². The average molecular weight is 375 g/mol. The van der Waals surface area contributed by atoms with Crippen LogP contribution in [0.2, 0.25) is 0 Å². The summed E-state index contributed by atoms with van der Waals surface area (Å²) in [5, 5.41) is 5.57. The molecule has 1 aliphatic heterocycles. The van der Waals surface area contributed by atoms with Gasteiger partial charge in [0.2, 0.25) is 5.91 Å². The van der Waals surface area contributed by atoms with Gasteiger partial charge < -0.3 is 20.4 Å². The average Bonchev–Trinajstić information content (AvgIpc) is 2.66. The molecule has 27 heavy (non-hydrogen) atoms. The Labute approximate surface area is 161 Å². The first kappa shape index (κ1) is 20.9. The molecule has 1 heterocycles. The van der Waals surface area contributed by atoms with Gasteiger partial charge in [-0.2, -0.15) is 0 Å². The second kappa shape index (κ2) is 10.1. The number of hydrogen-bond acceptors (Lipinski definition) is 4. The number of nitrogens with zero attached hydrogens (tertiary/aromatic N) is 1. The molecule has 0 unspecified atom stereocenters. The van der Waals surface area contributed by atoms with E-state index in [1.54, 1.807) is 13.8 Å². The third kappa shape index (κ3) is 6.36. The molecule has 3 N–H and O–H groups in total. The van der Waals surface area contributed by atoms with E-state index in [1.165, 1.54) is 4.90 Å². The molecule has 2 rings (SSSR count). The molecule has 1 aromatic carbocycles. The van der Waals surface area contributed by atoms with Crippen LogP contribution in [-0.4, -0.2) is 62.9 Å². The van der Waals surface area contributed by atoms with Crippen molar-refractivity contribution in [2.75, 3.05) is 44.2 Å². The van der Waals surface area contributed by atoms with Crippen LogP contribution in [0.4, 0.5) is 5.69 Å². The number of quaternary nitrogens is 1. The van der Waals surface area contributed by atoms with E-state index in [0.717, 1.165) is 43.9 Å². The van der Waals surface area contributed by atoms with Gasteiger partial charge in [0.1, 0.15) is 6.04 Å². The molecule has 0 saturated carbocycles. The molecule has 148 valence electrons. The molecular formula is C20H31N4O3+. The number of anilines is 1. The number of piperazine rings is 1. The molecule has 0 radical (unpaired) electrons. The Balaban J connectivity index is 1.76. The molecule has 7 heteroatoms. The number of ketones is 1. The van der Waals surface area contributed by atoms with Crippen LogP contribution in [-0.2, 0) is 9.59 Å². The van der Waals surface area contributed by atoms with Crippen LogP contribution in [0.3, 0.4) is 0 Å². The van der Waals surface area contributed by atoms with E-state index < -0.39 is 6.04 Å². The van der Waals surface area contributed by atoms with Gasteiger partial charge in [0.05, 0.1) is 26.2 Å². The molecule has 0 aliphatic carbocycles. The monoisotopic (exact) mass is 375 g/mol. The molecule has 1 atom stereocenters. The summed E-state index contributed by atoms with van der Waals surface area (Å²) in [7, 11) is 0. The van der Waals surface area contributed by atoms with E-state index in [4.69, 9.17) is 0 Å². The number of Topliss-reactive ketones (excluding diaryl/α,β-unsaturated/α-hetero) is 1. The van der Waals surface area contributed by atoms with Crippen LogP contribution in [0, 0.1) is 0 Å². The molecule has 1 fully saturated rings. The maximum absolute atomic E-state index is 12.2. The zero-order chi connectivity index (χ0) is 19.8. The third-order valence-corrected chi connectivity index (χ3v) is 4.84. The minimum Gasteiger partial charge on any atom is -0.360 e. The van der Waals surface area contributed by atoms with Crippen molar-refractivity contribution in [1.29, 1.82) is 0 Å². The summed E-state index contributed by atoms with van der Waals surface area (Å²) < 4.78 is 0. The van der Waals surface area contributed by atoms with Crippen LogP contribution in [0.25, 0.3) is 0 Å². The fourth-order valence-corrected chi connectivity index (χ4v) is 3.15. The molecule has 7 nitrogen and oxygen atoms in total. The van der Waals surface area contributed by atoms with Gasteiger partial charge in [0.15, 0.2) is 12.3 Å². The Bertz CT molecular complexity index is 652. The first-order chi connectivity index (χ1) is 12.9. The highest BCUT2D eigenvalue weighted by Gasteiger charge is 2.24. The summed E-state index contributed by atoms with van der Waals surface area (Å²) in [5.74, 6) is -0.165. The Morgan fingerprint density at radius 1 is 1.15 bits per heavy atom. The third-order valence-electron chi connectivity index (χ3n) is 4.84. The number of benzene rings is 1. The zero-order valence-electron chi connectivity index (χ0n) is 16.5. The molecule has 0 bridgehead atoms. The summed E-state index contributed by atoms with van der Waals surface area (Å²) in [6.45, 7) is 9.70. The minimum absolute atomic E-state index is 0.0689. The number of rotatable bonds is 8. The lowest BCUT2D eigenvalue weighted by atomic mass is 10.1. The fourth-order valence-electron chi connectivity index (χ4n) is 3.15. The SMILES string of the molecule is CCCNC(=O)[C@H](C)NC(=O)C[NH+]1CCN(c2ccc(C(C)=O)cc2)CC1. The van der Waals surface area contributed by atoms with E-state index in [-0.39, 0.29) is 17.6 Å². The lowest BCUT2D eigenvalue weighted by Crippen LogP contribution is -3.16. The van der Waals surface area contributed by atoms with E-state index in [1.807, 2.05) is 31.2 Å². The van der Waals surface area contributed by atoms with E-state index in [9.17, 15) is 14.4 Å². The van der Waals surface area contributed by atoms with Crippen LogP contribution in [0.15, 0.2) is 24.3 Å². The van der Waals surface area contributed by atoms with Crippen molar-refractivity contribution < 1.29 is 19.3 Å². The maximum Gasteiger partial charge on any atom is 0.275 e. The highest BCUT2D eigenvalue weighted by Crippen LogP contribution is 2.15. The summed E-state index contributed by atoms with van der Waals surface area (Å²) in [4.78, 5) is 38.9. The lowest BCUT2D eigenvalue weighted by Gasteiger charge is -2.33. The lowest BCUT2D eigenvalue weighted by molar-refractivity contribution is -0.892. The second-order valence-electron chi connectivity index (χ2n) is 7.10. The molecule has 2 amide bonds. The highest BCUT2D eigenvalue weighted by atomic mass is 16.2. The van der Waals surface area contributed by atoms with Gasteiger partial charge >= 0.3 is 0 Å². The van der Waals surface area contributed by atoms with Gasteiger partial charge in [-0.05, 0) is 44.5 Å². The number of nitrogens with one attached hydrogen (secondary N) is 3. The number of hydrogen-bond donors (Lipinski definition) is 3. The standard InChI is InChI=1S/C20H30N4O3/c1-4-9-21-20(27)15(2)22-19(26)14-23-10-12-24(13-11-23)18-7-5-17(6-8-18)16(3)25/h5-8,15H,4,9-14H2,1-3H3,(H,21,27)(H,22,26)/p+1/t15-/m0/s1. The number of amides is 2. The summed E-state index contributed by atoms with van der Waals surface area (Å²) in [5.41, 5.74) is 1.82. The van der Waals surface area contributed by atoms with Crippen LogP contribution < -0.4 is 20.4 Å². The van der Waals surface area contributed by atoms with Gasteiger partial charge in [0, 0.05) is 17.8 Å². The quantitative estimate of drug-likeness (QED) is 0.541. The smallest absolute Gasteiger partial charge is 0.275 e. The summed E-state index contributed by atoms with van der Waals surface area (Å²) in [6.07, 6.45) is 0.873. The van der Waals surface area contributed by atoms with Gasteiger partial charge in [0.25, 0.3) is 5.91 Å². The Kier molecular flexibility index (Phi) is 7.79. The first-order valence-electron chi connectivity index (χ1n) is 9.67. The predicted molar refractivity (Wildman–Crippen MR) is 105 cm³/mol. The number of carbonyl (C=O) groups excluding carboxylic acids is 3. The van der Waals surface area contributed by atoms with E-state index in [2.05, 4.69) is 15.5 Å². The van der Waals surface area contributed by atoms with Gasteiger partial charge in [-0.15, -0.1) is 0 Å². The van der Waals surface area contributed by atoms with Gasteiger partial charge in [-0.3, -0.25) is 14.4 Å². The van der Waals surface area contributed by atoms with Crippen molar-refractivity contribution in [2.24, 2.45) is 0 Å². The topological polar surface area (TPSA) is 82.9 Å². The molecule has 1 saturated heterocycles. The Hall–Kier alpha value is -2.41. The highest BCUT2D eigenvalue weighted by molar-refractivity contribution is 5.94. The maximum atomic E-state index is 12.2. The van der Waals surface area contributed by atoms with Crippen molar-refractivity contribution in [2.45, 2.75) is 33.2 Å². The Morgan fingerprint density at radius 2 is 1.78 bits per heavy atom. The summed E-state index contributed by atoms with van der Waals surface area (Å²) in [6, 6.07) is 7.16. The predicted octanol–water partition coefficient (Wildman–Crippen LogP) is -0.375. The van der Waals surface area contributed by atoms with Crippen LogP contribution >= 0.6 is 0 Å². The normalized spacial score (nSPS) is 15.9. The minimum atomic E-state index is -0.510. The van der Waals surface area contributed by atoms with Gasteiger partial charge in [-0.25, -0.2) is 0 Å². The largest absolute Gasteiger partial charge is 0.360 e. The van der Waals surface area contributed by atoms with Crippen molar-refractivity contribution in [1.82, 2.24) is 10.6 Å². The molecule has 0 aromatic heterocycles. The van der Waals surface area contributed by atoms with E-state index >= 15 is 0 Å². The van der Waals surface area contributed by atoms with E-state index in [0.29, 0.717) is 13.1 Å². The zero-order valence-corrected chi connectivity index (χ0v) is 16.5. The molecule has 0 spiro atoms. The van der Waals surface area contributed by atoms with Crippen molar-refractivity contribution in [3.8, 4) is 0 Å². The second-order valence-corrected chi connectivity index (χ2v) is 7.10. The van der Waals surface area contributed by atoms with Crippen LogP contribution in [0.1, 0.15) is 37.6 Å². The molecular weight excluding hydrogens is 344 g/mol. The first-order valence-corrected chi connectivity index (χ1v) is 9.67.